The molecule has 2 nitrogen and oxygen atoms in total. The molecule has 1 N–H and O–H groups in total. The predicted octanol–water partition coefficient (Wildman–Crippen LogP) is 3.83. The zero-order valence-corrected chi connectivity index (χ0v) is 12.4. The molecule has 0 aromatic heterocycles. The Morgan fingerprint density at radius 1 is 1.22 bits per heavy atom. The van der Waals surface area contributed by atoms with Crippen LogP contribution in [0.25, 0.3) is 0 Å². The zero-order chi connectivity index (χ0) is 13.8. The van der Waals surface area contributed by atoms with Gasteiger partial charge in [0.2, 0.25) is 0 Å². The van der Waals surface area contributed by atoms with Gasteiger partial charge in [0.05, 0.1) is 5.54 Å². The molecule has 3 heteroatoms. The lowest BCUT2D eigenvalue weighted by atomic mass is 9.94. The smallest absolute Gasteiger partial charge is 0.251 e. The first-order valence-electron chi connectivity index (χ1n) is 6.43. The number of carbonyl (C=O) groups excluding carboxylic acids is 1. The van der Waals surface area contributed by atoms with Gasteiger partial charge >= 0.3 is 0 Å². The fourth-order valence-electron chi connectivity index (χ4n) is 1.84. The Balaban J connectivity index is 2.90. The molecule has 0 unspecified atom stereocenters. The highest BCUT2D eigenvalue weighted by molar-refractivity contribution is 6.19. The third-order valence-electron chi connectivity index (χ3n) is 3.76. The van der Waals surface area contributed by atoms with Gasteiger partial charge in [-0.25, -0.2) is 0 Å². The van der Waals surface area contributed by atoms with E-state index in [9.17, 15) is 4.79 Å². The standard InChI is InChI=1S/C15H22ClNO/c1-5-15(6-2,10-16)17-14(18)13-8-7-11(3)12(4)9-13/h7-9H,5-6,10H2,1-4H3,(H,17,18). The Hall–Kier alpha value is -1.02. The van der Waals surface area contributed by atoms with Gasteiger partial charge in [0.15, 0.2) is 0 Å². The summed E-state index contributed by atoms with van der Waals surface area (Å²) in [6.07, 6.45) is 1.67. The summed E-state index contributed by atoms with van der Waals surface area (Å²) in [6.45, 7) is 8.15. The van der Waals surface area contributed by atoms with E-state index in [-0.39, 0.29) is 11.4 Å². The number of carbonyl (C=O) groups is 1. The van der Waals surface area contributed by atoms with Crippen molar-refractivity contribution in [2.45, 2.75) is 46.1 Å². The predicted molar refractivity (Wildman–Crippen MR) is 77.4 cm³/mol. The number of halogens is 1. The molecule has 0 heterocycles. The minimum atomic E-state index is -0.294. The molecule has 0 saturated heterocycles. The number of hydrogen-bond donors (Lipinski definition) is 1. The van der Waals surface area contributed by atoms with E-state index in [4.69, 9.17) is 11.6 Å². The Morgan fingerprint density at radius 3 is 2.28 bits per heavy atom. The second-order valence-electron chi connectivity index (χ2n) is 4.87. The molecule has 0 aliphatic heterocycles. The molecule has 0 spiro atoms. The van der Waals surface area contributed by atoms with E-state index < -0.39 is 0 Å². The summed E-state index contributed by atoms with van der Waals surface area (Å²) in [5.74, 6) is 0.402. The number of hydrogen-bond acceptors (Lipinski definition) is 1. The van der Waals surface area contributed by atoms with Crippen LogP contribution in [-0.2, 0) is 0 Å². The average Bonchev–Trinajstić information content (AvgIpc) is 2.39. The summed E-state index contributed by atoms with van der Waals surface area (Å²) in [4.78, 5) is 12.2. The molecule has 0 atom stereocenters. The average molecular weight is 268 g/mol. The van der Waals surface area contributed by atoms with Gasteiger partial charge in [-0.05, 0) is 49.9 Å². The van der Waals surface area contributed by atoms with Crippen molar-refractivity contribution in [3.8, 4) is 0 Å². The molecule has 18 heavy (non-hydrogen) atoms. The first-order valence-corrected chi connectivity index (χ1v) is 6.97. The van der Waals surface area contributed by atoms with Crippen LogP contribution < -0.4 is 5.32 Å². The first kappa shape index (κ1) is 15.0. The van der Waals surface area contributed by atoms with Gasteiger partial charge in [-0.1, -0.05) is 19.9 Å². The number of rotatable bonds is 5. The number of benzene rings is 1. The number of alkyl halides is 1. The Morgan fingerprint density at radius 2 is 1.83 bits per heavy atom. The van der Waals surface area contributed by atoms with Crippen LogP contribution in [0.1, 0.15) is 48.2 Å². The maximum Gasteiger partial charge on any atom is 0.251 e. The van der Waals surface area contributed by atoms with Crippen molar-refractivity contribution < 1.29 is 4.79 Å². The van der Waals surface area contributed by atoms with Crippen molar-refractivity contribution in [2.75, 3.05) is 5.88 Å². The van der Waals surface area contributed by atoms with Crippen molar-refractivity contribution in [3.05, 3.63) is 34.9 Å². The molecular weight excluding hydrogens is 246 g/mol. The van der Waals surface area contributed by atoms with Crippen LogP contribution >= 0.6 is 11.6 Å². The van der Waals surface area contributed by atoms with Crippen LogP contribution in [0.15, 0.2) is 18.2 Å². The summed E-state index contributed by atoms with van der Waals surface area (Å²) < 4.78 is 0. The van der Waals surface area contributed by atoms with E-state index in [1.165, 1.54) is 5.56 Å². The lowest BCUT2D eigenvalue weighted by Crippen LogP contribution is -2.49. The number of amides is 1. The van der Waals surface area contributed by atoms with E-state index >= 15 is 0 Å². The molecule has 0 fully saturated rings. The lowest BCUT2D eigenvalue weighted by molar-refractivity contribution is 0.0902. The minimum absolute atomic E-state index is 0.0394. The van der Waals surface area contributed by atoms with E-state index in [1.54, 1.807) is 0 Å². The van der Waals surface area contributed by atoms with Crippen LogP contribution in [0, 0.1) is 13.8 Å². The fourth-order valence-corrected chi connectivity index (χ4v) is 2.29. The summed E-state index contributed by atoms with van der Waals surface area (Å²) in [7, 11) is 0. The van der Waals surface area contributed by atoms with Gasteiger partial charge < -0.3 is 5.32 Å². The Kier molecular flexibility index (Phi) is 5.21. The third kappa shape index (κ3) is 3.26. The van der Waals surface area contributed by atoms with Crippen molar-refractivity contribution in [2.24, 2.45) is 0 Å². The van der Waals surface area contributed by atoms with E-state index in [1.807, 2.05) is 45.9 Å². The molecule has 0 saturated carbocycles. The Labute approximate surface area is 115 Å². The highest BCUT2D eigenvalue weighted by Crippen LogP contribution is 2.18. The van der Waals surface area contributed by atoms with Crippen LogP contribution in [0.3, 0.4) is 0 Å². The molecule has 1 aromatic carbocycles. The molecule has 100 valence electrons. The van der Waals surface area contributed by atoms with Gasteiger partial charge in [0.1, 0.15) is 0 Å². The third-order valence-corrected chi connectivity index (χ3v) is 4.27. The summed E-state index contributed by atoms with van der Waals surface area (Å²) in [6, 6.07) is 5.77. The van der Waals surface area contributed by atoms with Gasteiger partial charge in [-0.3, -0.25) is 4.79 Å². The van der Waals surface area contributed by atoms with Crippen molar-refractivity contribution in [3.63, 3.8) is 0 Å². The minimum Gasteiger partial charge on any atom is -0.345 e. The normalized spacial score (nSPS) is 11.4. The van der Waals surface area contributed by atoms with E-state index in [2.05, 4.69) is 5.32 Å². The number of nitrogens with one attached hydrogen (secondary N) is 1. The SMILES string of the molecule is CCC(CC)(CCl)NC(=O)c1ccc(C)c(C)c1. The topological polar surface area (TPSA) is 29.1 Å². The van der Waals surface area contributed by atoms with Crippen LogP contribution in [0.5, 0.6) is 0 Å². The largest absolute Gasteiger partial charge is 0.345 e. The van der Waals surface area contributed by atoms with Gasteiger partial charge in [-0.15, -0.1) is 11.6 Å². The molecule has 1 rings (SSSR count). The Bertz CT molecular complexity index is 416. The highest BCUT2D eigenvalue weighted by atomic mass is 35.5. The molecule has 0 aliphatic rings. The van der Waals surface area contributed by atoms with Gasteiger partial charge in [-0.2, -0.15) is 0 Å². The van der Waals surface area contributed by atoms with E-state index in [0.717, 1.165) is 18.4 Å². The lowest BCUT2D eigenvalue weighted by Gasteiger charge is -2.30. The van der Waals surface area contributed by atoms with Gasteiger partial charge in [0.25, 0.3) is 5.91 Å². The second-order valence-corrected chi connectivity index (χ2v) is 5.14. The molecule has 0 bridgehead atoms. The van der Waals surface area contributed by atoms with Crippen molar-refractivity contribution >= 4 is 17.5 Å². The van der Waals surface area contributed by atoms with Crippen molar-refractivity contribution in [1.29, 1.82) is 0 Å². The fraction of sp³-hybridized carbons (Fsp3) is 0.533. The molecule has 1 amide bonds. The maximum atomic E-state index is 12.2. The quantitative estimate of drug-likeness (QED) is 0.807. The number of aryl methyl sites for hydroxylation is 2. The van der Waals surface area contributed by atoms with Crippen LogP contribution in [-0.4, -0.2) is 17.3 Å². The first-order chi connectivity index (χ1) is 8.48. The molecule has 0 aliphatic carbocycles. The monoisotopic (exact) mass is 267 g/mol. The summed E-state index contributed by atoms with van der Waals surface area (Å²) >= 11 is 6.00. The van der Waals surface area contributed by atoms with Crippen molar-refractivity contribution in [1.82, 2.24) is 5.32 Å². The molecule has 1 aromatic rings. The molecular formula is C15H22ClNO. The zero-order valence-electron chi connectivity index (χ0n) is 11.6. The van der Waals surface area contributed by atoms with E-state index in [0.29, 0.717) is 11.4 Å². The molecule has 0 radical (unpaired) electrons. The highest BCUT2D eigenvalue weighted by Gasteiger charge is 2.27. The van der Waals surface area contributed by atoms with Crippen LogP contribution in [0.2, 0.25) is 0 Å². The summed E-state index contributed by atoms with van der Waals surface area (Å²) in [5, 5.41) is 3.07. The maximum absolute atomic E-state index is 12.2. The summed E-state index contributed by atoms with van der Waals surface area (Å²) in [5.41, 5.74) is 2.74. The second kappa shape index (κ2) is 6.24. The van der Waals surface area contributed by atoms with Gasteiger partial charge in [0, 0.05) is 11.4 Å². The van der Waals surface area contributed by atoms with Crippen LogP contribution in [0.4, 0.5) is 0 Å².